The number of hydrogen-bond acceptors (Lipinski definition) is 13. The van der Waals surface area contributed by atoms with E-state index in [2.05, 4.69) is 46.0 Å². The number of azo groups is 2. The molecule has 1 aromatic heterocycles. The van der Waals surface area contributed by atoms with Crippen LogP contribution in [0.4, 0.5) is 52.0 Å². The Labute approximate surface area is 273 Å². The number of benzene rings is 4. The van der Waals surface area contributed by atoms with Crippen LogP contribution in [0.5, 0.6) is 0 Å². The molecule has 15 nitrogen and oxygen atoms in total. The maximum atomic E-state index is 11.0. The third-order valence-corrected chi connectivity index (χ3v) is 6.95. The van der Waals surface area contributed by atoms with E-state index in [9.17, 15) is 9.59 Å². The number of hydrogen-bond donors (Lipinski definition) is 4. The first-order valence-corrected chi connectivity index (χ1v) is 14.7. The van der Waals surface area contributed by atoms with Gasteiger partial charge in [0.05, 0.1) is 47.1 Å². The molecule has 1 fully saturated rings. The van der Waals surface area contributed by atoms with Crippen LogP contribution in [-0.2, 0) is 4.74 Å². The van der Waals surface area contributed by atoms with E-state index < -0.39 is 11.9 Å². The smallest absolute Gasteiger partial charge is 0.335 e. The Hall–Kier alpha value is -6.61. The zero-order valence-corrected chi connectivity index (χ0v) is 25.3. The largest absolute Gasteiger partial charge is 0.478 e. The zero-order valence-electron chi connectivity index (χ0n) is 25.3. The summed E-state index contributed by atoms with van der Waals surface area (Å²) in [6, 6.07) is 26.7. The topological polar surface area (TPSA) is 199 Å². The van der Waals surface area contributed by atoms with Gasteiger partial charge in [0, 0.05) is 24.5 Å². The van der Waals surface area contributed by atoms with Crippen LogP contribution in [0, 0.1) is 0 Å². The number of aromatic carboxylic acids is 2. The van der Waals surface area contributed by atoms with Crippen molar-refractivity contribution in [3.63, 3.8) is 0 Å². The Bertz CT molecular complexity index is 1810. The van der Waals surface area contributed by atoms with E-state index >= 15 is 0 Å². The monoisotopic (exact) mass is 644 g/mol. The minimum Gasteiger partial charge on any atom is -0.478 e. The van der Waals surface area contributed by atoms with Crippen LogP contribution in [0.1, 0.15) is 20.7 Å². The normalized spacial score (nSPS) is 13.1. The molecule has 0 atom stereocenters. The predicted molar refractivity (Wildman–Crippen MR) is 177 cm³/mol. The summed E-state index contributed by atoms with van der Waals surface area (Å²) in [5.41, 5.74) is 4.08. The molecule has 1 saturated heterocycles. The van der Waals surface area contributed by atoms with E-state index in [1.54, 1.807) is 48.5 Å². The molecular formula is C33H28N10O5. The first kappa shape index (κ1) is 31.4. The van der Waals surface area contributed by atoms with Gasteiger partial charge >= 0.3 is 11.9 Å². The van der Waals surface area contributed by atoms with Crippen LogP contribution < -0.4 is 15.5 Å². The standard InChI is InChI=1S/C33H28N10O5/c44-29(45)21-1-5-25(6-2-21)39-41-27-13-9-23(10-14-27)34-31-36-32(38-33(37-31)43-17-19-48-20-18-43)35-24-11-15-28(16-12-24)42-40-26-7-3-22(4-8-26)30(46)47/h1-16H,17-20H2,(H,44,45)(H,46,47)(H2,34,35,36,37,38). The second kappa shape index (κ2) is 14.7. The van der Waals surface area contributed by atoms with E-state index in [0.717, 1.165) is 11.4 Å². The van der Waals surface area contributed by atoms with Gasteiger partial charge in [-0.15, -0.1) is 0 Å². The second-order valence-corrected chi connectivity index (χ2v) is 10.3. The van der Waals surface area contributed by atoms with Gasteiger partial charge in [-0.3, -0.25) is 0 Å². The minimum absolute atomic E-state index is 0.179. The van der Waals surface area contributed by atoms with Crippen molar-refractivity contribution in [2.75, 3.05) is 41.8 Å². The molecule has 0 unspecified atom stereocenters. The molecule has 240 valence electrons. The van der Waals surface area contributed by atoms with E-state index in [4.69, 9.17) is 14.9 Å². The molecule has 1 aliphatic rings. The Morgan fingerprint density at radius 3 is 1.27 bits per heavy atom. The molecule has 15 heteroatoms. The van der Waals surface area contributed by atoms with Gasteiger partial charge < -0.3 is 30.5 Å². The van der Waals surface area contributed by atoms with Crippen molar-refractivity contribution >= 4 is 63.9 Å². The lowest BCUT2D eigenvalue weighted by Gasteiger charge is -2.27. The van der Waals surface area contributed by atoms with Crippen LogP contribution in [0.15, 0.2) is 118 Å². The van der Waals surface area contributed by atoms with Gasteiger partial charge in [-0.25, -0.2) is 9.59 Å². The Morgan fingerprint density at radius 2 is 0.917 bits per heavy atom. The molecule has 5 aromatic rings. The summed E-state index contributed by atoms with van der Waals surface area (Å²) in [5.74, 6) is -0.836. The predicted octanol–water partition coefficient (Wildman–Crippen LogP) is 7.42. The van der Waals surface area contributed by atoms with Crippen molar-refractivity contribution in [1.82, 2.24) is 15.0 Å². The van der Waals surface area contributed by atoms with Crippen molar-refractivity contribution in [1.29, 1.82) is 0 Å². The van der Waals surface area contributed by atoms with Crippen molar-refractivity contribution in [3.8, 4) is 0 Å². The Balaban J connectivity index is 1.14. The van der Waals surface area contributed by atoms with Gasteiger partial charge in [0.25, 0.3) is 0 Å². The SMILES string of the molecule is O=C(O)c1ccc(N=Nc2ccc(Nc3nc(Nc4ccc(N=Nc5ccc(C(=O)O)cc5)cc4)nc(N4CCOCC4)n3)cc2)cc1. The van der Waals surface area contributed by atoms with Crippen LogP contribution >= 0.6 is 0 Å². The zero-order chi connectivity index (χ0) is 33.3. The molecule has 0 spiro atoms. The third kappa shape index (κ3) is 8.35. The van der Waals surface area contributed by atoms with E-state index in [0.29, 0.717) is 66.9 Å². The number of carboxylic acid groups (broad SMARTS) is 2. The fourth-order valence-electron chi connectivity index (χ4n) is 4.43. The van der Waals surface area contributed by atoms with E-state index in [1.165, 1.54) is 24.3 Å². The third-order valence-electron chi connectivity index (χ3n) is 6.95. The van der Waals surface area contributed by atoms with Gasteiger partial charge in [0.15, 0.2) is 0 Å². The van der Waals surface area contributed by atoms with Gasteiger partial charge in [0.1, 0.15) is 0 Å². The first-order chi connectivity index (χ1) is 23.4. The molecule has 48 heavy (non-hydrogen) atoms. The van der Waals surface area contributed by atoms with Crippen molar-refractivity contribution in [2.45, 2.75) is 0 Å². The minimum atomic E-state index is -1.00. The summed E-state index contributed by atoms with van der Waals surface area (Å²) in [7, 11) is 0. The van der Waals surface area contributed by atoms with Crippen LogP contribution in [0.25, 0.3) is 0 Å². The molecule has 0 saturated carbocycles. The summed E-state index contributed by atoms with van der Waals surface area (Å²) in [5, 5.41) is 41.3. The number of morpholine rings is 1. The fraction of sp³-hybridized carbons (Fsp3) is 0.121. The lowest BCUT2D eigenvalue weighted by atomic mass is 10.2. The summed E-state index contributed by atoms with van der Waals surface area (Å²) in [6.45, 7) is 2.41. The first-order valence-electron chi connectivity index (χ1n) is 14.7. The summed E-state index contributed by atoms with van der Waals surface area (Å²) < 4.78 is 5.50. The molecule has 0 aliphatic carbocycles. The molecule has 4 N–H and O–H groups in total. The number of rotatable bonds is 11. The number of ether oxygens (including phenoxy) is 1. The second-order valence-electron chi connectivity index (χ2n) is 10.3. The molecule has 6 rings (SSSR count). The van der Waals surface area contributed by atoms with E-state index in [1.807, 2.05) is 29.2 Å². The quantitative estimate of drug-likeness (QED) is 0.104. The highest BCUT2D eigenvalue weighted by molar-refractivity contribution is 5.88. The average molecular weight is 645 g/mol. The molecule has 4 aromatic carbocycles. The van der Waals surface area contributed by atoms with Crippen LogP contribution in [-0.4, -0.2) is 63.4 Å². The molecule has 0 radical (unpaired) electrons. The number of carbonyl (C=O) groups is 2. The van der Waals surface area contributed by atoms with Crippen LogP contribution in [0.3, 0.4) is 0 Å². The van der Waals surface area contributed by atoms with Crippen molar-refractivity contribution in [2.24, 2.45) is 20.5 Å². The highest BCUT2D eigenvalue weighted by Gasteiger charge is 2.17. The fourth-order valence-corrected chi connectivity index (χ4v) is 4.43. The molecule has 0 amide bonds. The highest BCUT2D eigenvalue weighted by atomic mass is 16.5. The van der Waals surface area contributed by atoms with Gasteiger partial charge in [-0.2, -0.15) is 35.4 Å². The van der Waals surface area contributed by atoms with Crippen molar-refractivity contribution in [3.05, 3.63) is 108 Å². The van der Waals surface area contributed by atoms with Gasteiger partial charge in [-0.1, -0.05) is 0 Å². The number of anilines is 5. The lowest BCUT2D eigenvalue weighted by molar-refractivity contribution is 0.0686. The molecule has 2 heterocycles. The molecular weight excluding hydrogens is 616 g/mol. The number of nitrogens with zero attached hydrogens (tertiary/aromatic N) is 8. The molecule has 0 bridgehead atoms. The summed E-state index contributed by atoms with van der Waals surface area (Å²) in [4.78, 5) is 38.0. The lowest BCUT2D eigenvalue weighted by Crippen LogP contribution is -2.37. The average Bonchev–Trinajstić information content (AvgIpc) is 3.11. The summed E-state index contributed by atoms with van der Waals surface area (Å²) in [6.07, 6.45) is 0. The summed E-state index contributed by atoms with van der Waals surface area (Å²) >= 11 is 0. The maximum absolute atomic E-state index is 11.0. The van der Waals surface area contributed by atoms with Gasteiger partial charge in [-0.05, 0) is 97.1 Å². The Morgan fingerprint density at radius 1 is 0.562 bits per heavy atom. The number of aromatic nitrogens is 3. The maximum Gasteiger partial charge on any atom is 0.335 e. The Kier molecular flexibility index (Phi) is 9.58. The van der Waals surface area contributed by atoms with Crippen molar-refractivity contribution < 1.29 is 24.5 Å². The highest BCUT2D eigenvalue weighted by Crippen LogP contribution is 2.26. The number of carboxylic acids is 2. The van der Waals surface area contributed by atoms with E-state index in [-0.39, 0.29) is 11.1 Å². The number of nitrogens with one attached hydrogen (secondary N) is 2. The van der Waals surface area contributed by atoms with Gasteiger partial charge in [0.2, 0.25) is 17.8 Å². The van der Waals surface area contributed by atoms with Crippen LogP contribution in [0.2, 0.25) is 0 Å². The molecule has 1 aliphatic heterocycles.